The molecule has 0 aliphatic heterocycles. The quantitative estimate of drug-likeness (QED) is 0.756. The van der Waals surface area contributed by atoms with Gasteiger partial charge in [-0.2, -0.15) is 0 Å². The summed E-state index contributed by atoms with van der Waals surface area (Å²) in [6.45, 7) is 0.328. The van der Waals surface area contributed by atoms with Gasteiger partial charge in [-0.15, -0.1) is 11.3 Å². The van der Waals surface area contributed by atoms with E-state index in [9.17, 15) is 14.7 Å². The normalized spacial score (nSPS) is 11.6. The molecule has 21 heavy (non-hydrogen) atoms. The number of carboxylic acids is 1. The summed E-state index contributed by atoms with van der Waals surface area (Å²) in [5.41, 5.74) is 2.53. The molecule has 1 aromatic carbocycles. The average Bonchev–Trinajstić information content (AvgIpc) is 2.99. The molecule has 0 fully saturated rings. The lowest BCUT2D eigenvalue weighted by Crippen LogP contribution is -2.46. The molecule has 2 rings (SSSR count). The summed E-state index contributed by atoms with van der Waals surface area (Å²) in [5.74, 6) is -1.06. The van der Waals surface area contributed by atoms with Crippen molar-refractivity contribution in [3.8, 4) is 0 Å². The van der Waals surface area contributed by atoms with Crippen LogP contribution >= 0.6 is 11.3 Å². The Bertz CT molecular complexity index is 587. The van der Waals surface area contributed by atoms with Crippen molar-refractivity contribution in [1.29, 1.82) is 0 Å². The van der Waals surface area contributed by atoms with Gasteiger partial charge in [0.2, 0.25) is 0 Å². The van der Waals surface area contributed by atoms with Crippen LogP contribution < -0.4 is 10.6 Å². The van der Waals surface area contributed by atoms with E-state index in [2.05, 4.69) is 15.6 Å². The largest absolute Gasteiger partial charge is 0.480 e. The van der Waals surface area contributed by atoms with Crippen LogP contribution in [0, 0.1) is 0 Å². The first-order chi connectivity index (χ1) is 10.1. The summed E-state index contributed by atoms with van der Waals surface area (Å²) in [7, 11) is 0. The van der Waals surface area contributed by atoms with Crippen LogP contribution in [-0.4, -0.2) is 28.1 Å². The second-order valence-electron chi connectivity index (χ2n) is 4.38. The fraction of sp³-hybridized carbons (Fsp3) is 0.214. The third-order valence-electron chi connectivity index (χ3n) is 2.79. The number of thiazole rings is 1. The number of hydrogen-bond acceptors (Lipinski definition) is 4. The maximum absolute atomic E-state index is 11.7. The Morgan fingerprint density at radius 1 is 1.29 bits per heavy atom. The van der Waals surface area contributed by atoms with Gasteiger partial charge in [0, 0.05) is 17.5 Å². The first kappa shape index (κ1) is 15.0. The summed E-state index contributed by atoms with van der Waals surface area (Å²) in [6, 6.07) is 7.70. The fourth-order valence-corrected chi connectivity index (χ4v) is 2.29. The van der Waals surface area contributed by atoms with Crippen LogP contribution in [0.15, 0.2) is 42.0 Å². The molecule has 0 aliphatic rings. The molecule has 0 spiro atoms. The molecule has 6 nitrogen and oxygen atoms in total. The highest BCUT2D eigenvalue weighted by Gasteiger charge is 2.20. The number of carbonyl (C=O) groups is 2. The molecule has 0 aliphatic carbocycles. The fourth-order valence-electron chi connectivity index (χ4n) is 1.76. The van der Waals surface area contributed by atoms with Crippen LogP contribution in [0.2, 0.25) is 0 Å². The Labute approximate surface area is 125 Å². The minimum Gasteiger partial charge on any atom is -0.480 e. The Kier molecular flexibility index (Phi) is 5.28. The molecule has 2 amide bonds. The minimum atomic E-state index is -1.06. The number of nitrogens with zero attached hydrogens (tertiary/aromatic N) is 1. The molecular weight excluding hydrogens is 290 g/mol. The van der Waals surface area contributed by atoms with E-state index in [1.807, 2.05) is 30.3 Å². The monoisotopic (exact) mass is 305 g/mol. The number of carboxylic acid groups (broad SMARTS) is 1. The SMILES string of the molecule is O=C(NCc1cncs1)N[C@@H](Cc1ccccc1)C(=O)O. The number of rotatable bonds is 6. The topological polar surface area (TPSA) is 91.3 Å². The Hall–Kier alpha value is -2.41. The molecule has 0 radical (unpaired) electrons. The predicted octanol–water partition coefficient (Wildman–Crippen LogP) is 1.64. The number of hydrogen-bond donors (Lipinski definition) is 3. The van der Waals surface area contributed by atoms with E-state index in [-0.39, 0.29) is 6.42 Å². The number of aromatic nitrogens is 1. The van der Waals surface area contributed by atoms with E-state index in [0.29, 0.717) is 6.54 Å². The van der Waals surface area contributed by atoms with Crippen molar-refractivity contribution in [2.45, 2.75) is 19.0 Å². The number of urea groups is 1. The number of carbonyl (C=O) groups excluding carboxylic acids is 1. The number of aliphatic carboxylic acids is 1. The predicted molar refractivity (Wildman–Crippen MR) is 79.1 cm³/mol. The lowest BCUT2D eigenvalue weighted by Gasteiger charge is -2.15. The van der Waals surface area contributed by atoms with Gasteiger partial charge in [0.1, 0.15) is 6.04 Å². The van der Waals surface area contributed by atoms with Gasteiger partial charge in [0.15, 0.2) is 0 Å². The van der Waals surface area contributed by atoms with Crippen molar-refractivity contribution in [3.63, 3.8) is 0 Å². The van der Waals surface area contributed by atoms with E-state index in [1.54, 1.807) is 11.7 Å². The number of amides is 2. The third kappa shape index (κ3) is 4.88. The molecule has 0 saturated heterocycles. The lowest BCUT2D eigenvalue weighted by atomic mass is 10.1. The van der Waals surface area contributed by atoms with Gasteiger partial charge < -0.3 is 15.7 Å². The van der Waals surface area contributed by atoms with Crippen LogP contribution in [0.4, 0.5) is 4.79 Å². The summed E-state index contributed by atoms with van der Waals surface area (Å²) in [4.78, 5) is 27.8. The molecule has 2 aromatic rings. The third-order valence-corrected chi connectivity index (χ3v) is 3.57. The summed E-state index contributed by atoms with van der Waals surface area (Å²) >= 11 is 1.42. The maximum atomic E-state index is 11.7. The van der Waals surface area contributed by atoms with Crippen molar-refractivity contribution in [1.82, 2.24) is 15.6 Å². The minimum absolute atomic E-state index is 0.240. The van der Waals surface area contributed by atoms with Gasteiger partial charge in [0.05, 0.1) is 12.1 Å². The summed E-state index contributed by atoms with van der Waals surface area (Å²) in [5, 5.41) is 14.3. The Morgan fingerprint density at radius 3 is 2.67 bits per heavy atom. The van der Waals surface area contributed by atoms with Crippen molar-refractivity contribution < 1.29 is 14.7 Å². The molecule has 0 unspecified atom stereocenters. The lowest BCUT2D eigenvalue weighted by molar-refractivity contribution is -0.139. The van der Waals surface area contributed by atoms with Gasteiger partial charge in [-0.25, -0.2) is 9.59 Å². The van der Waals surface area contributed by atoms with Crippen LogP contribution in [0.1, 0.15) is 10.4 Å². The smallest absolute Gasteiger partial charge is 0.326 e. The molecule has 0 saturated carbocycles. The van der Waals surface area contributed by atoms with E-state index in [4.69, 9.17) is 0 Å². The van der Waals surface area contributed by atoms with Crippen molar-refractivity contribution in [3.05, 3.63) is 52.5 Å². The van der Waals surface area contributed by atoms with E-state index in [0.717, 1.165) is 10.4 Å². The zero-order valence-corrected chi connectivity index (χ0v) is 12.0. The van der Waals surface area contributed by atoms with Crippen LogP contribution in [-0.2, 0) is 17.8 Å². The van der Waals surface area contributed by atoms with Gasteiger partial charge in [-0.05, 0) is 5.56 Å². The number of benzene rings is 1. The molecule has 0 bridgehead atoms. The first-order valence-electron chi connectivity index (χ1n) is 6.33. The molecule has 3 N–H and O–H groups in total. The standard InChI is InChI=1S/C14H15N3O3S/c18-13(19)12(6-10-4-2-1-3-5-10)17-14(20)16-8-11-7-15-9-21-11/h1-5,7,9,12H,6,8H2,(H,18,19)(H2,16,17,20)/t12-/m0/s1. The average molecular weight is 305 g/mol. The molecular formula is C14H15N3O3S. The molecule has 110 valence electrons. The zero-order chi connectivity index (χ0) is 15.1. The van der Waals surface area contributed by atoms with Crippen molar-refractivity contribution in [2.24, 2.45) is 0 Å². The van der Waals surface area contributed by atoms with Crippen LogP contribution in [0.25, 0.3) is 0 Å². The second kappa shape index (κ2) is 7.39. The van der Waals surface area contributed by atoms with E-state index >= 15 is 0 Å². The molecule has 1 aromatic heterocycles. The molecule has 1 atom stereocenters. The first-order valence-corrected chi connectivity index (χ1v) is 7.21. The van der Waals surface area contributed by atoms with Gasteiger partial charge in [-0.1, -0.05) is 30.3 Å². The van der Waals surface area contributed by atoms with Crippen LogP contribution in [0.3, 0.4) is 0 Å². The van der Waals surface area contributed by atoms with Gasteiger partial charge >= 0.3 is 12.0 Å². The highest BCUT2D eigenvalue weighted by molar-refractivity contribution is 7.09. The molecule has 1 heterocycles. The Balaban J connectivity index is 1.87. The van der Waals surface area contributed by atoms with E-state index < -0.39 is 18.0 Å². The summed E-state index contributed by atoms with van der Waals surface area (Å²) in [6.07, 6.45) is 1.90. The Morgan fingerprint density at radius 2 is 2.05 bits per heavy atom. The van der Waals surface area contributed by atoms with E-state index in [1.165, 1.54) is 11.3 Å². The highest BCUT2D eigenvalue weighted by Crippen LogP contribution is 2.05. The molecule has 7 heteroatoms. The number of nitrogens with one attached hydrogen (secondary N) is 2. The van der Waals surface area contributed by atoms with Gasteiger partial charge in [0.25, 0.3) is 0 Å². The van der Waals surface area contributed by atoms with Crippen molar-refractivity contribution >= 4 is 23.3 Å². The highest BCUT2D eigenvalue weighted by atomic mass is 32.1. The maximum Gasteiger partial charge on any atom is 0.326 e. The second-order valence-corrected chi connectivity index (χ2v) is 5.35. The van der Waals surface area contributed by atoms with Crippen LogP contribution in [0.5, 0.6) is 0 Å². The zero-order valence-electron chi connectivity index (χ0n) is 11.2. The van der Waals surface area contributed by atoms with Crippen molar-refractivity contribution in [2.75, 3.05) is 0 Å². The summed E-state index contributed by atoms with van der Waals surface area (Å²) < 4.78 is 0. The van der Waals surface area contributed by atoms with Gasteiger partial charge in [-0.3, -0.25) is 4.98 Å².